The topological polar surface area (TPSA) is 76.7 Å². The highest BCUT2D eigenvalue weighted by Gasteiger charge is 2.12. The van der Waals surface area contributed by atoms with Gasteiger partial charge < -0.3 is 20.1 Å². The van der Waals surface area contributed by atoms with Gasteiger partial charge in [0.25, 0.3) is 11.8 Å². The number of rotatable bonds is 8. The molecule has 1 unspecified atom stereocenters. The predicted molar refractivity (Wildman–Crippen MR) is 124 cm³/mol. The van der Waals surface area contributed by atoms with E-state index in [-0.39, 0.29) is 24.5 Å². The zero-order valence-corrected chi connectivity index (χ0v) is 18.8. The van der Waals surface area contributed by atoms with Gasteiger partial charge >= 0.3 is 0 Å². The minimum absolute atomic E-state index is 0.128. The Balaban J connectivity index is 1.50. The van der Waals surface area contributed by atoms with Crippen LogP contribution in [0, 0.1) is 0 Å². The van der Waals surface area contributed by atoms with Gasteiger partial charge in [0.05, 0.1) is 13.2 Å². The summed E-state index contributed by atoms with van der Waals surface area (Å²) in [6.07, 6.45) is 0. The zero-order valence-electron chi connectivity index (χ0n) is 17.2. The van der Waals surface area contributed by atoms with Gasteiger partial charge in [0.2, 0.25) is 0 Å². The molecule has 0 bridgehead atoms. The lowest BCUT2D eigenvalue weighted by Crippen LogP contribution is -2.26. The van der Waals surface area contributed by atoms with Gasteiger partial charge in [0.1, 0.15) is 11.5 Å². The molecule has 160 valence electrons. The van der Waals surface area contributed by atoms with Crippen molar-refractivity contribution in [2.75, 3.05) is 19.0 Å². The Labute approximate surface area is 189 Å². The van der Waals surface area contributed by atoms with Crippen molar-refractivity contribution in [3.8, 4) is 11.5 Å². The van der Waals surface area contributed by atoms with Crippen LogP contribution in [-0.2, 0) is 4.79 Å². The van der Waals surface area contributed by atoms with Crippen LogP contribution >= 0.6 is 15.9 Å². The summed E-state index contributed by atoms with van der Waals surface area (Å²) in [5.41, 5.74) is 2.15. The van der Waals surface area contributed by atoms with Crippen molar-refractivity contribution in [1.29, 1.82) is 0 Å². The van der Waals surface area contributed by atoms with Gasteiger partial charge in [0.15, 0.2) is 6.61 Å². The molecule has 3 aromatic carbocycles. The molecule has 0 heterocycles. The maximum Gasteiger partial charge on any atom is 0.262 e. The molecule has 0 saturated heterocycles. The molecule has 0 aromatic heterocycles. The van der Waals surface area contributed by atoms with Crippen molar-refractivity contribution < 1.29 is 19.1 Å². The summed E-state index contributed by atoms with van der Waals surface area (Å²) in [4.78, 5) is 24.6. The summed E-state index contributed by atoms with van der Waals surface area (Å²) in [5.74, 6) is 0.677. The fourth-order valence-electron chi connectivity index (χ4n) is 2.86. The molecule has 0 radical (unpaired) electrons. The van der Waals surface area contributed by atoms with Gasteiger partial charge in [-0.1, -0.05) is 34.1 Å². The number of hydrogen-bond donors (Lipinski definition) is 2. The first-order valence-electron chi connectivity index (χ1n) is 9.67. The minimum atomic E-state index is -0.293. The van der Waals surface area contributed by atoms with Crippen LogP contribution in [0.2, 0.25) is 0 Å². The number of benzene rings is 3. The molecule has 0 spiro atoms. The van der Waals surface area contributed by atoms with Crippen LogP contribution < -0.4 is 20.1 Å². The third-order valence-electron chi connectivity index (χ3n) is 4.56. The second-order valence-corrected chi connectivity index (χ2v) is 7.76. The smallest absolute Gasteiger partial charge is 0.262 e. The van der Waals surface area contributed by atoms with E-state index in [0.29, 0.717) is 22.7 Å². The van der Waals surface area contributed by atoms with Gasteiger partial charge in [-0.2, -0.15) is 0 Å². The highest BCUT2D eigenvalue weighted by molar-refractivity contribution is 9.10. The van der Waals surface area contributed by atoms with Crippen LogP contribution in [0.1, 0.15) is 28.9 Å². The molecule has 3 aromatic rings. The van der Waals surface area contributed by atoms with Gasteiger partial charge in [-0.05, 0) is 61.0 Å². The normalized spacial score (nSPS) is 11.3. The van der Waals surface area contributed by atoms with E-state index < -0.39 is 0 Å². The molecule has 31 heavy (non-hydrogen) atoms. The lowest BCUT2D eigenvalue weighted by atomic mass is 10.1. The van der Waals surface area contributed by atoms with E-state index in [1.165, 1.54) is 0 Å². The number of methoxy groups -OCH3 is 1. The quantitative estimate of drug-likeness (QED) is 0.475. The van der Waals surface area contributed by atoms with Gasteiger partial charge in [0, 0.05) is 21.8 Å². The maximum atomic E-state index is 12.5. The number of ether oxygens (including phenoxy) is 2. The van der Waals surface area contributed by atoms with Crippen molar-refractivity contribution in [2.45, 2.75) is 13.0 Å². The second kappa shape index (κ2) is 10.6. The van der Waals surface area contributed by atoms with Crippen molar-refractivity contribution in [2.24, 2.45) is 0 Å². The number of anilines is 1. The van der Waals surface area contributed by atoms with Crippen LogP contribution in [-0.4, -0.2) is 25.5 Å². The summed E-state index contributed by atoms with van der Waals surface area (Å²) < 4.78 is 11.6. The number of hydrogen-bond acceptors (Lipinski definition) is 4. The third-order valence-corrected chi connectivity index (χ3v) is 5.09. The molecule has 0 aliphatic carbocycles. The summed E-state index contributed by atoms with van der Waals surface area (Å²) in [6, 6.07) is 21.4. The number of carbonyl (C=O) groups is 2. The summed E-state index contributed by atoms with van der Waals surface area (Å²) in [5, 5.41) is 5.71. The minimum Gasteiger partial charge on any atom is -0.497 e. The molecular weight excluding hydrogens is 460 g/mol. The fraction of sp³-hybridized carbons (Fsp3) is 0.167. The zero-order chi connectivity index (χ0) is 22.2. The summed E-state index contributed by atoms with van der Waals surface area (Å²) in [6.45, 7) is 1.78. The van der Waals surface area contributed by atoms with E-state index in [4.69, 9.17) is 9.47 Å². The molecule has 0 aliphatic heterocycles. The molecule has 0 aliphatic rings. The summed E-state index contributed by atoms with van der Waals surface area (Å²) in [7, 11) is 1.56. The Morgan fingerprint density at radius 1 is 0.968 bits per heavy atom. The highest BCUT2D eigenvalue weighted by atomic mass is 79.9. The average Bonchev–Trinajstić information content (AvgIpc) is 2.78. The lowest BCUT2D eigenvalue weighted by molar-refractivity contribution is -0.118. The first-order chi connectivity index (χ1) is 14.9. The first-order valence-corrected chi connectivity index (χ1v) is 10.5. The van der Waals surface area contributed by atoms with E-state index in [2.05, 4.69) is 26.6 Å². The third kappa shape index (κ3) is 6.58. The Hall–Kier alpha value is -3.32. The van der Waals surface area contributed by atoms with Crippen LogP contribution in [0.25, 0.3) is 0 Å². The molecule has 7 heteroatoms. The molecule has 2 N–H and O–H groups in total. The number of carbonyl (C=O) groups excluding carboxylic acids is 2. The highest BCUT2D eigenvalue weighted by Crippen LogP contribution is 2.19. The number of nitrogens with one attached hydrogen (secondary N) is 2. The summed E-state index contributed by atoms with van der Waals surface area (Å²) >= 11 is 3.40. The molecule has 6 nitrogen and oxygen atoms in total. The molecule has 0 fully saturated rings. The fourth-order valence-corrected chi connectivity index (χ4v) is 3.13. The van der Waals surface area contributed by atoms with Crippen LogP contribution in [0.15, 0.2) is 77.3 Å². The van der Waals surface area contributed by atoms with Crippen LogP contribution in [0.5, 0.6) is 11.5 Å². The van der Waals surface area contributed by atoms with Crippen LogP contribution in [0.4, 0.5) is 5.69 Å². The predicted octanol–water partition coefficient (Wildman–Crippen LogP) is 4.97. The van der Waals surface area contributed by atoms with Crippen molar-refractivity contribution in [3.05, 3.63) is 88.4 Å². The van der Waals surface area contributed by atoms with Crippen LogP contribution in [0.3, 0.4) is 0 Å². The number of halogens is 1. The molecule has 2 amide bonds. The van der Waals surface area contributed by atoms with Crippen molar-refractivity contribution in [3.63, 3.8) is 0 Å². The van der Waals surface area contributed by atoms with Crippen molar-refractivity contribution >= 4 is 33.4 Å². The lowest BCUT2D eigenvalue weighted by Gasteiger charge is -2.15. The maximum absolute atomic E-state index is 12.5. The van der Waals surface area contributed by atoms with Crippen molar-refractivity contribution in [1.82, 2.24) is 5.32 Å². The van der Waals surface area contributed by atoms with E-state index in [1.54, 1.807) is 55.6 Å². The second-order valence-electron chi connectivity index (χ2n) is 6.84. The molecule has 0 saturated carbocycles. The molecular formula is C24H23BrN2O4. The van der Waals surface area contributed by atoms with E-state index in [1.807, 2.05) is 31.2 Å². The average molecular weight is 483 g/mol. The molecule has 1 atom stereocenters. The molecule has 3 rings (SSSR count). The van der Waals surface area contributed by atoms with E-state index in [9.17, 15) is 9.59 Å². The monoisotopic (exact) mass is 482 g/mol. The Morgan fingerprint density at radius 2 is 1.68 bits per heavy atom. The SMILES string of the molecule is COc1cccc(NC(=O)COc2ccc(C(=O)NC(C)c3ccc(Br)cc3)cc2)c1. The number of amides is 2. The Morgan fingerprint density at radius 3 is 2.35 bits per heavy atom. The van der Waals surface area contributed by atoms with E-state index >= 15 is 0 Å². The van der Waals surface area contributed by atoms with Gasteiger partial charge in [-0.3, -0.25) is 9.59 Å². The van der Waals surface area contributed by atoms with Gasteiger partial charge in [-0.15, -0.1) is 0 Å². The van der Waals surface area contributed by atoms with Gasteiger partial charge in [-0.25, -0.2) is 0 Å². The largest absolute Gasteiger partial charge is 0.497 e. The first kappa shape index (κ1) is 22.4. The standard InChI is InChI=1S/C24H23BrN2O4/c1-16(17-6-10-19(25)11-7-17)26-24(29)18-8-12-21(13-9-18)31-15-23(28)27-20-4-3-5-22(14-20)30-2/h3-14,16H,15H2,1-2H3,(H,26,29)(H,27,28). The van der Waals surface area contributed by atoms with E-state index in [0.717, 1.165) is 10.0 Å². The Bertz CT molecular complexity index is 1040. The Kier molecular flexibility index (Phi) is 7.67.